The summed E-state index contributed by atoms with van der Waals surface area (Å²) in [6, 6.07) is 5.94. The minimum absolute atomic E-state index is 0.0195. The normalized spacial score (nSPS) is 24.7. The van der Waals surface area contributed by atoms with Crippen molar-refractivity contribution in [2.75, 3.05) is 33.8 Å². The summed E-state index contributed by atoms with van der Waals surface area (Å²) in [4.78, 5) is 43.7. The number of ether oxygens (including phenoxy) is 1. The largest absolute Gasteiger partial charge is 0.497 e. The number of nitrogens with one attached hydrogen (secondary N) is 2. The van der Waals surface area contributed by atoms with Crippen molar-refractivity contribution in [3.8, 4) is 5.75 Å². The SMILES string of the molecule is CC[C@H](N)C(=O)N[C@@H]1C(=O)N2[C@@H](CC[C@@H]1CN(C)CC)CC[C@H]2C(=O)NCCc1ccc(OC)cc1. The summed E-state index contributed by atoms with van der Waals surface area (Å²) in [5.74, 6) is 0.178. The van der Waals surface area contributed by atoms with E-state index in [1.807, 2.05) is 38.2 Å². The standard InChI is InChI=1S/C27H43N5O4/c1-5-22(28)25(33)30-24-19(17-31(3)6-2)9-10-20-11-14-23(32(20)27(24)35)26(34)29-16-15-18-7-12-21(36-4)13-8-18/h7-8,12-13,19-20,22-24H,5-6,9-11,14-17,28H2,1-4H3,(H,29,34)(H,30,33)/t19-,20+,22+,23+,24+/m1/s1. The van der Waals surface area contributed by atoms with Crippen LogP contribution in [0, 0.1) is 5.92 Å². The first-order valence-corrected chi connectivity index (χ1v) is 13.3. The van der Waals surface area contributed by atoms with Gasteiger partial charge in [0.05, 0.1) is 13.2 Å². The third-order valence-corrected chi connectivity index (χ3v) is 7.70. The summed E-state index contributed by atoms with van der Waals surface area (Å²) in [7, 11) is 3.65. The molecule has 0 aliphatic carbocycles. The monoisotopic (exact) mass is 501 g/mol. The second-order valence-electron chi connectivity index (χ2n) is 10.1. The highest BCUT2D eigenvalue weighted by Crippen LogP contribution is 2.34. The number of nitrogens with two attached hydrogens (primary N) is 1. The molecule has 0 aromatic heterocycles. The van der Waals surface area contributed by atoms with Crippen LogP contribution >= 0.6 is 0 Å². The predicted octanol–water partition coefficient (Wildman–Crippen LogP) is 1.30. The second-order valence-corrected chi connectivity index (χ2v) is 10.1. The minimum Gasteiger partial charge on any atom is -0.497 e. The van der Waals surface area contributed by atoms with Gasteiger partial charge in [0.25, 0.3) is 0 Å². The number of carbonyl (C=O) groups excluding carboxylic acids is 3. The Morgan fingerprint density at radius 2 is 1.86 bits per heavy atom. The molecule has 0 bridgehead atoms. The highest BCUT2D eigenvalue weighted by molar-refractivity contribution is 5.94. The van der Waals surface area contributed by atoms with Gasteiger partial charge in [0.1, 0.15) is 17.8 Å². The number of benzene rings is 1. The van der Waals surface area contributed by atoms with Gasteiger partial charge < -0.3 is 30.9 Å². The van der Waals surface area contributed by atoms with E-state index in [4.69, 9.17) is 10.5 Å². The number of amides is 3. The van der Waals surface area contributed by atoms with Gasteiger partial charge in [-0.05, 0) is 69.8 Å². The van der Waals surface area contributed by atoms with E-state index in [0.717, 1.165) is 37.1 Å². The first-order chi connectivity index (χ1) is 17.3. The maximum absolute atomic E-state index is 13.9. The number of carbonyl (C=O) groups is 3. The van der Waals surface area contributed by atoms with Crippen molar-refractivity contribution in [1.29, 1.82) is 0 Å². The fraction of sp³-hybridized carbons (Fsp3) is 0.667. The van der Waals surface area contributed by atoms with E-state index in [1.165, 1.54) is 0 Å². The van der Waals surface area contributed by atoms with E-state index in [2.05, 4.69) is 22.5 Å². The van der Waals surface area contributed by atoms with Crippen molar-refractivity contribution in [2.24, 2.45) is 11.7 Å². The molecule has 9 nitrogen and oxygen atoms in total. The molecule has 3 rings (SSSR count). The molecule has 0 spiro atoms. The summed E-state index contributed by atoms with van der Waals surface area (Å²) >= 11 is 0. The lowest BCUT2D eigenvalue weighted by Gasteiger charge is -2.33. The van der Waals surface area contributed by atoms with E-state index in [1.54, 1.807) is 12.0 Å². The van der Waals surface area contributed by atoms with Crippen LogP contribution in [-0.4, -0.2) is 85.5 Å². The molecule has 200 valence electrons. The van der Waals surface area contributed by atoms with Gasteiger partial charge in [-0.1, -0.05) is 26.0 Å². The van der Waals surface area contributed by atoms with Crippen LogP contribution in [0.3, 0.4) is 0 Å². The first-order valence-electron chi connectivity index (χ1n) is 13.3. The quantitative estimate of drug-likeness (QED) is 0.421. The highest BCUT2D eigenvalue weighted by atomic mass is 16.5. The van der Waals surface area contributed by atoms with Crippen LogP contribution in [-0.2, 0) is 20.8 Å². The van der Waals surface area contributed by atoms with Crippen LogP contribution < -0.4 is 21.1 Å². The Hall–Kier alpha value is -2.65. The Morgan fingerprint density at radius 3 is 2.50 bits per heavy atom. The molecule has 2 aliphatic rings. The zero-order valence-corrected chi connectivity index (χ0v) is 22.2. The molecule has 0 radical (unpaired) electrons. The molecule has 2 fully saturated rings. The van der Waals surface area contributed by atoms with Crippen LogP contribution in [0.2, 0.25) is 0 Å². The van der Waals surface area contributed by atoms with E-state index < -0.39 is 18.1 Å². The molecule has 3 amide bonds. The fourth-order valence-corrected chi connectivity index (χ4v) is 5.28. The summed E-state index contributed by atoms with van der Waals surface area (Å²) in [6.45, 7) is 5.97. The summed E-state index contributed by atoms with van der Waals surface area (Å²) in [6.07, 6.45) is 4.27. The maximum atomic E-state index is 13.9. The number of methoxy groups -OCH3 is 1. The molecule has 1 aromatic carbocycles. The van der Waals surface area contributed by atoms with Crippen LogP contribution in [0.15, 0.2) is 24.3 Å². The Kier molecular flexibility index (Phi) is 10.1. The van der Waals surface area contributed by atoms with Gasteiger partial charge in [-0.2, -0.15) is 0 Å². The average Bonchev–Trinajstić information content (AvgIpc) is 3.28. The maximum Gasteiger partial charge on any atom is 0.246 e. The zero-order chi connectivity index (χ0) is 26.2. The summed E-state index contributed by atoms with van der Waals surface area (Å²) in [5.41, 5.74) is 7.07. The topological polar surface area (TPSA) is 117 Å². The molecule has 36 heavy (non-hydrogen) atoms. The average molecular weight is 502 g/mol. The highest BCUT2D eigenvalue weighted by Gasteiger charge is 2.47. The molecule has 0 saturated carbocycles. The van der Waals surface area contributed by atoms with Crippen molar-refractivity contribution < 1.29 is 19.1 Å². The fourth-order valence-electron chi connectivity index (χ4n) is 5.28. The molecule has 5 atom stereocenters. The lowest BCUT2D eigenvalue weighted by Crippen LogP contribution is -2.59. The van der Waals surface area contributed by atoms with Gasteiger partial charge in [0.2, 0.25) is 17.7 Å². The molecule has 4 N–H and O–H groups in total. The van der Waals surface area contributed by atoms with Crippen molar-refractivity contribution in [3.05, 3.63) is 29.8 Å². The number of hydrogen-bond acceptors (Lipinski definition) is 6. The first kappa shape index (κ1) is 27.9. The molecule has 1 aromatic rings. The van der Waals surface area contributed by atoms with Gasteiger partial charge in [0, 0.05) is 25.0 Å². The van der Waals surface area contributed by atoms with E-state index in [-0.39, 0.29) is 29.7 Å². The van der Waals surface area contributed by atoms with Crippen molar-refractivity contribution in [3.63, 3.8) is 0 Å². The third kappa shape index (κ3) is 6.76. The summed E-state index contributed by atoms with van der Waals surface area (Å²) in [5, 5.41) is 5.99. The number of fused-ring (bicyclic) bond motifs is 1. The van der Waals surface area contributed by atoms with Crippen LogP contribution in [0.5, 0.6) is 5.75 Å². The van der Waals surface area contributed by atoms with Crippen LogP contribution in [0.25, 0.3) is 0 Å². The van der Waals surface area contributed by atoms with Gasteiger partial charge in [-0.15, -0.1) is 0 Å². The smallest absolute Gasteiger partial charge is 0.246 e. The van der Waals surface area contributed by atoms with E-state index >= 15 is 0 Å². The number of hydrogen-bond donors (Lipinski definition) is 3. The van der Waals surface area contributed by atoms with Crippen LogP contribution in [0.4, 0.5) is 0 Å². The molecular weight excluding hydrogens is 458 g/mol. The predicted molar refractivity (Wildman–Crippen MR) is 139 cm³/mol. The lowest BCUT2D eigenvalue weighted by atomic mass is 9.92. The van der Waals surface area contributed by atoms with Crippen molar-refractivity contribution in [2.45, 2.75) is 76.5 Å². The zero-order valence-electron chi connectivity index (χ0n) is 22.2. The van der Waals surface area contributed by atoms with Gasteiger partial charge in [-0.3, -0.25) is 14.4 Å². The number of rotatable bonds is 11. The lowest BCUT2D eigenvalue weighted by molar-refractivity contribution is -0.143. The van der Waals surface area contributed by atoms with Gasteiger partial charge >= 0.3 is 0 Å². The van der Waals surface area contributed by atoms with Crippen LogP contribution in [0.1, 0.15) is 51.5 Å². The second kappa shape index (κ2) is 13.1. The van der Waals surface area contributed by atoms with Crippen molar-refractivity contribution >= 4 is 17.7 Å². The third-order valence-electron chi connectivity index (χ3n) is 7.70. The Labute approximate surface area is 215 Å². The van der Waals surface area contributed by atoms with Gasteiger partial charge in [0.15, 0.2) is 0 Å². The molecule has 0 unspecified atom stereocenters. The van der Waals surface area contributed by atoms with Crippen molar-refractivity contribution in [1.82, 2.24) is 20.4 Å². The Morgan fingerprint density at radius 1 is 1.17 bits per heavy atom. The minimum atomic E-state index is -0.679. The molecular formula is C27H43N5O4. The molecule has 2 heterocycles. The van der Waals surface area contributed by atoms with E-state index in [0.29, 0.717) is 32.4 Å². The molecule has 9 heteroatoms. The number of nitrogens with zero attached hydrogens (tertiary/aromatic N) is 2. The molecule has 2 aliphatic heterocycles. The molecule has 2 saturated heterocycles. The Bertz CT molecular complexity index is 893. The van der Waals surface area contributed by atoms with E-state index in [9.17, 15) is 14.4 Å². The summed E-state index contributed by atoms with van der Waals surface area (Å²) < 4.78 is 5.19. The Balaban J connectivity index is 1.70. The van der Waals surface area contributed by atoms with Gasteiger partial charge in [-0.25, -0.2) is 0 Å².